The van der Waals surface area contributed by atoms with Gasteiger partial charge in [-0.3, -0.25) is 0 Å². The number of carbonyl (C=O) groups is 2. The molecule has 0 spiro atoms. The van der Waals surface area contributed by atoms with Crippen molar-refractivity contribution < 1.29 is 23.8 Å². The van der Waals surface area contributed by atoms with Gasteiger partial charge in [0.05, 0.1) is 6.61 Å². The van der Waals surface area contributed by atoms with Gasteiger partial charge >= 0.3 is 11.9 Å². The zero-order chi connectivity index (χ0) is 32.3. The summed E-state index contributed by atoms with van der Waals surface area (Å²) >= 11 is 0. The van der Waals surface area contributed by atoms with Crippen LogP contribution in [0.3, 0.4) is 0 Å². The zero-order valence-electron chi connectivity index (χ0n) is 25.7. The number of hydrogen-bond acceptors (Lipinski definition) is 5. The summed E-state index contributed by atoms with van der Waals surface area (Å²) in [7, 11) is 0. The van der Waals surface area contributed by atoms with E-state index in [2.05, 4.69) is 98.6 Å². The third-order valence-corrected chi connectivity index (χ3v) is 7.69. The smallest absolute Gasteiger partial charge is 0.330 e. The van der Waals surface area contributed by atoms with Crippen molar-refractivity contribution in [2.75, 3.05) is 19.8 Å². The number of ether oxygens (including phenoxy) is 3. The van der Waals surface area contributed by atoms with E-state index in [1.54, 1.807) is 0 Å². The van der Waals surface area contributed by atoms with Crippen molar-refractivity contribution in [3.63, 3.8) is 0 Å². The molecule has 0 heterocycles. The van der Waals surface area contributed by atoms with Gasteiger partial charge in [0.25, 0.3) is 0 Å². The fourth-order valence-electron chi connectivity index (χ4n) is 5.31. The van der Waals surface area contributed by atoms with Crippen LogP contribution in [0.25, 0.3) is 50.2 Å². The van der Waals surface area contributed by atoms with Crippen LogP contribution in [0.4, 0.5) is 0 Å². The van der Waals surface area contributed by atoms with Crippen LogP contribution in [-0.2, 0) is 25.5 Å². The molecule has 0 amide bonds. The molecular weight excluding hydrogens is 572 g/mol. The minimum atomic E-state index is -0.470. The fraction of sp³-hybridized carbons (Fsp3) is 0.122. The van der Waals surface area contributed by atoms with Gasteiger partial charge in [-0.25, -0.2) is 9.59 Å². The number of hydrogen-bond donors (Lipinski definition) is 0. The maximum absolute atomic E-state index is 11.3. The summed E-state index contributed by atoms with van der Waals surface area (Å²) < 4.78 is 15.9. The summed E-state index contributed by atoms with van der Waals surface area (Å²) in [6, 6.07) is 35.9. The Labute approximate surface area is 270 Å². The maximum atomic E-state index is 11.3. The molecule has 5 rings (SSSR count). The molecule has 0 bridgehead atoms. The monoisotopic (exact) mass is 608 g/mol. The van der Waals surface area contributed by atoms with Crippen LogP contribution < -0.4 is 4.74 Å². The molecule has 46 heavy (non-hydrogen) atoms. The average molecular weight is 609 g/mol. The number of esters is 2. The van der Waals surface area contributed by atoms with Crippen molar-refractivity contribution in [1.82, 2.24) is 0 Å². The first-order valence-corrected chi connectivity index (χ1v) is 15.2. The summed E-state index contributed by atoms with van der Waals surface area (Å²) in [6.07, 6.45) is 5.70. The summed E-state index contributed by atoms with van der Waals surface area (Å²) in [5, 5.41) is 2.29. The number of carbonyl (C=O) groups excluding carboxylic acids is 2. The first-order chi connectivity index (χ1) is 22.5. The molecular formula is C41H36O5. The van der Waals surface area contributed by atoms with Crippen LogP contribution >= 0.6 is 0 Å². The molecule has 0 aromatic heterocycles. The summed E-state index contributed by atoms with van der Waals surface area (Å²) in [5.74, 6) is -0.178. The van der Waals surface area contributed by atoms with Crippen LogP contribution in [0.15, 0.2) is 135 Å². The third kappa shape index (κ3) is 7.88. The molecule has 0 saturated heterocycles. The quantitative estimate of drug-likeness (QED) is 0.0714. The van der Waals surface area contributed by atoms with Gasteiger partial charge < -0.3 is 14.2 Å². The molecule has 0 saturated carbocycles. The Bertz CT molecular complexity index is 1850. The fourth-order valence-corrected chi connectivity index (χ4v) is 5.31. The summed E-state index contributed by atoms with van der Waals surface area (Å²) in [5.41, 5.74) is 8.96. The lowest BCUT2D eigenvalue weighted by Crippen LogP contribution is -2.10. The second kappa shape index (κ2) is 15.4. The molecule has 5 heteroatoms. The average Bonchev–Trinajstić information content (AvgIpc) is 3.11. The van der Waals surface area contributed by atoms with E-state index >= 15 is 0 Å². The van der Waals surface area contributed by atoms with Crippen molar-refractivity contribution in [2.45, 2.75) is 12.8 Å². The standard InChI is InChI=1S/C41H36O5/c1-4-29-9-13-31(14-10-29)34-19-23-38-35(28-34)20-24-37(32-17-21-36(22-18-32)44-26-27-46-40(43)6-3)41(38)33-15-11-30(12-16-33)8-7-25-45-39(42)5-2/h4-6,9-24,28H,1-3,7-8,25-27H2. The molecule has 0 fully saturated rings. The number of fused-ring (bicyclic) bond motifs is 1. The molecule has 5 nitrogen and oxygen atoms in total. The second-order valence-electron chi connectivity index (χ2n) is 10.7. The molecule has 5 aromatic carbocycles. The van der Waals surface area contributed by atoms with Crippen LogP contribution in [0.5, 0.6) is 5.75 Å². The predicted octanol–water partition coefficient (Wildman–Crippen LogP) is 9.25. The van der Waals surface area contributed by atoms with Crippen LogP contribution in [0, 0.1) is 0 Å². The highest BCUT2D eigenvalue weighted by Gasteiger charge is 2.14. The van der Waals surface area contributed by atoms with E-state index in [4.69, 9.17) is 14.2 Å². The molecule has 230 valence electrons. The second-order valence-corrected chi connectivity index (χ2v) is 10.7. The Hall–Kier alpha value is -5.68. The number of rotatable bonds is 14. The largest absolute Gasteiger partial charge is 0.490 e. The van der Waals surface area contributed by atoms with E-state index in [1.807, 2.05) is 30.3 Å². The molecule has 0 radical (unpaired) electrons. The van der Waals surface area contributed by atoms with E-state index in [-0.39, 0.29) is 13.2 Å². The third-order valence-electron chi connectivity index (χ3n) is 7.69. The molecule has 0 unspecified atom stereocenters. The van der Waals surface area contributed by atoms with Gasteiger partial charge in [-0.05, 0) is 86.3 Å². The predicted molar refractivity (Wildman–Crippen MR) is 186 cm³/mol. The van der Waals surface area contributed by atoms with Gasteiger partial charge in [0.2, 0.25) is 0 Å². The first-order valence-electron chi connectivity index (χ1n) is 15.2. The normalized spacial score (nSPS) is 10.6. The Balaban J connectivity index is 1.46. The maximum Gasteiger partial charge on any atom is 0.330 e. The van der Waals surface area contributed by atoms with Gasteiger partial charge in [0.1, 0.15) is 19.0 Å². The summed E-state index contributed by atoms with van der Waals surface area (Å²) in [4.78, 5) is 22.6. The lowest BCUT2D eigenvalue weighted by atomic mass is 9.88. The van der Waals surface area contributed by atoms with E-state index < -0.39 is 11.9 Å². The molecule has 0 aliphatic carbocycles. The van der Waals surface area contributed by atoms with Crippen molar-refractivity contribution >= 4 is 28.8 Å². The lowest BCUT2D eigenvalue weighted by molar-refractivity contribution is -0.139. The van der Waals surface area contributed by atoms with Gasteiger partial charge in [0, 0.05) is 12.2 Å². The van der Waals surface area contributed by atoms with E-state index in [0.717, 1.165) is 68.6 Å². The minimum absolute atomic E-state index is 0.151. The van der Waals surface area contributed by atoms with Crippen LogP contribution in [0.1, 0.15) is 17.5 Å². The molecule has 5 aromatic rings. The summed E-state index contributed by atoms with van der Waals surface area (Å²) in [6.45, 7) is 11.5. The van der Waals surface area contributed by atoms with Crippen molar-refractivity contribution in [2.24, 2.45) is 0 Å². The van der Waals surface area contributed by atoms with E-state index in [1.165, 1.54) is 11.6 Å². The zero-order valence-corrected chi connectivity index (χ0v) is 25.7. The Kier molecular flexibility index (Phi) is 10.6. The molecule has 0 atom stereocenters. The van der Waals surface area contributed by atoms with Gasteiger partial charge in [-0.1, -0.05) is 111 Å². The Morgan fingerprint density at radius 2 is 1.24 bits per heavy atom. The molecule has 0 N–H and O–H groups in total. The highest BCUT2D eigenvalue weighted by molar-refractivity contribution is 6.05. The van der Waals surface area contributed by atoms with E-state index in [9.17, 15) is 9.59 Å². The van der Waals surface area contributed by atoms with Crippen LogP contribution in [0.2, 0.25) is 0 Å². The minimum Gasteiger partial charge on any atom is -0.490 e. The van der Waals surface area contributed by atoms with Crippen LogP contribution in [-0.4, -0.2) is 31.8 Å². The highest BCUT2D eigenvalue weighted by atomic mass is 16.6. The van der Waals surface area contributed by atoms with Gasteiger partial charge in [-0.2, -0.15) is 0 Å². The van der Waals surface area contributed by atoms with Crippen molar-refractivity contribution in [3.05, 3.63) is 146 Å². The Morgan fingerprint density at radius 3 is 1.91 bits per heavy atom. The SMILES string of the molecule is C=CC(=O)OCCCc1ccc(-c2c(-c3ccc(OCCOC(=O)C=C)cc3)ccc3cc(-c4ccc(C=C)cc4)ccc23)cc1. The lowest BCUT2D eigenvalue weighted by Gasteiger charge is -2.16. The number of aryl methyl sites for hydroxylation is 1. The van der Waals surface area contributed by atoms with E-state index in [0.29, 0.717) is 12.4 Å². The van der Waals surface area contributed by atoms with Crippen molar-refractivity contribution in [1.29, 1.82) is 0 Å². The number of benzene rings is 5. The van der Waals surface area contributed by atoms with Gasteiger partial charge in [0.15, 0.2) is 0 Å². The topological polar surface area (TPSA) is 61.8 Å². The molecule has 0 aliphatic rings. The van der Waals surface area contributed by atoms with Gasteiger partial charge in [-0.15, -0.1) is 0 Å². The highest BCUT2D eigenvalue weighted by Crippen LogP contribution is 2.40. The Morgan fingerprint density at radius 1 is 0.609 bits per heavy atom. The van der Waals surface area contributed by atoms with Crippen molar-refractivity contribution in [3.8, 4) is 39.1 Å². The molecule has 0 aliphatic heterocycles. The first kappa shape index (κ1) is 31.7.